The molecule has 1 aliphatic heterocycles. The summed E-state index contributed by atoms with van der Waals surface area (Å²) >= 11 is 0. The SMILES string of the molecule is O=C(O)NC(Cc1ccccc1)C(=O)N1CCOC1=O. The standard InChI is InChI=1S/C13H14N2O5/c16-11(15-6-7-20-13(15)19)10(14-12(17)18)8-9-4-2-1-3-5-9/h1-5,10,14H,6-8H2,(H,17,18). The second kappa shape index (κ2) is 6.05. The summed E-state index contributed by atoms with van der Waals surface area (Å²) in [4.78, 5) is 35.3. The van der Waals surface area contributed by atoms with E-state index in [-0.39, 0.29) is 19.6 Å². The molecule has 1 heterocycles. The molecule has 20 heavy (non-hydrogen) atoms. The predicted octanol–water partition coefficient (Wildman–Crippen LogP) is 0.844. The van der Waals surface area contributed by atoms with Gasteiger partial charge in [-0.05, 0) is 5.56 Å². The number of carbonyl (C=O) groups excluding carboxylic acids is 2. The number of carboxylic acid groups (broad SMARTS) is 1. The van der Waals surface area contributed by atoms with Crippen LogP contribution in [-0.4, -0.2) is 47.3 Å². The molecule has 0 bridgehead atoms. The minimum Gasteiger partial charge on any atom is -0.465 e. The lowest BCUT2D eigenvalue weighted by Crippen LogP contribution is -2.49. The fourth-order valence-electron chi connectivity index (χ4n) is 1.98. The maximum absolute atomic E-state index is 12.2. The molecule has 2 N–H and O–H groups in total. The zero-order valence-corrected chi connectivity index (χ0v) is 10.6. The number of hydrogen-bond donors (Lipinski definition) is 2. The van der Waals surface area contributed by atoms with Crippen LogP contribution < -0.4 is 5.32 Å². The van der Waals surface area contributed by atoms with Gasteiger partial charge in [0.15, 0.2) is 0 Å². The van der Waals surface area contributed by atoms with Crippen molar-refractivity contribution in [1.29, 1.82) is 0 Å². The average Bonchev–Trinajstić information content (AvgIpc) is 2.84. The van der Waals surface area contributed by atoms with Crippen LogP contribution in [0.4, 0.5) is 9.59 Å². The van der Waals surface area contributed by atoms with Crippen LogP contribution in [-0.2, 0) is 16.0 Å². The molecule has 1 aromatic carbocycles. The van der Waals surface area contributed by atoms with Crippen molar-refractivity contribution in [3.8, 4) is 0 Å². The van der Waals surface area contributed by atoms with Crippen LogP contribution in [0.15, 0.2) is 30.3 Å². The highest BCUT2D eigenvalue weighted by atomic mass is 16.6. The molecule has 1 unspecified atom stereocenters. The van der Waals surface area contributed by atoms with E-state index >= 15 is 0 Å². The number of rotatable bonds is 4. The first kappa shape index (κ1) is 13.9. The van der Waals surface area contributed by atoms with Crippen LogP contribution in [0, 0.1) is 0 Å². The fraction of sp³-hybridized carbons (Fsp3) is 0.308. The Balaban J connectivity index is 2.12. The topological polar surface area (TPSA) is 95.9 Å². The molecule has 0 spiro atoms. The number of ether oxygens (including phenoxy) is 1. The minimum atomic E-state index is -1.31. The van der Waals surface area contributed by atoms with Gasteiger partial charge in [-0.3, -0.25) is 4.79 Å². The van der Waals surface area contributed by atoms with E-state index < -0.39 is 24.1 Å². The highest BCUT2D eigenvalue weighted by Gasteiger charge is 2.34. The molecule has 1 aliphatic rings. The molecule has 1 saturated heterocycles. The predicted molar refractivity (Wildman–Crippen MR) is 68.2 cm³/mol. The van der Waals surface area contributed by atoms with Crippen molar-refractivity contribution in [3.63, 3.8) is 0 Å². The van der Waals surface area contributed by atoms with Gasteiger partial charge in [-0.1, -0.05) is 30.3 Å². The van der Waals surface area contributed by atoms with E-state index in [1.165, 1.54) is 0 Å². The summed E-state index contributed by atoms with van der Waals surface area (Å²) in [5, 5.41) is 11.0. The molecule has 1 fully saturated rings. The molecule has 0 aromatic heterocycles. The summed E-state index contributed by atoms with van der Waals surface area (Å²) in [7, 11) is 0. The van der Waals surface area contributed by atoms with Gasteiger partial charge in [0.05, 0.1) is 6.54 Å². The molecule has 1 atom stereocenters. The molecule has 0 saturated carbocycles. The van der Waals surface area contributed by atoms with Gasteiger partial charge < -0.3 is 15.2 Å². The van der Waals surface area contributed by atoms with Crippen LogP contribution in [0.5, 0.6) is 0 Å². The summed E-state index contributed by atoms with van der Waals surface area (Å²) in [5.74, 6) is -0.598. The Morgan fingerprint density at radius 2 is 2.05 bits per heavy atom. The summed E-state index contributed by atoms with van der Waals surface area (Å²) in [6, 6.07) is 7.96. The van der Waals surface area contributed by atoms with Crippen molar-refractivity contribution in [1.82, 2.24) is 10.2 Å². The van der Waals surface area contributed by atoms with Gasteiger partial charge in [0.25, 0.3) is 5.91 Å². The normalized spacial score (nSPS) is 15.6. The van der Waals surface area contributed by atoms with Gasteiger partial charge in [0.2, 0.25) is 0 Å². The van der Waals surface area contributed by atoms with E-state index in [4.69, 9.17) is 5.11 Å². The van der Waals surface area contributed by atoms with Crippen LogP contribution in [0.25, 0.3) is 0 Å². The monoisotopic (exact) mass is 278 g/mol. The third kappa shape index (κ3) is 3.25. The van der Waals surface area contributed by atoms with E-state index in [0.717, 1.165) is 10.5 Å². The Morgan fingerprint density at radius 1 is 1.35 bits per heavy atom. The largest absolute Gasteiger partial charge is 0.465 e. The first-order chi connectivity index (χ1) is 9.58. The first-order valence-electron chi connectivity index (χ1n) is 6.09. The van der Waals surface area contributed by atoms with Crippen molar-refractivity contribution in [2.75, 3.05) is 13.2 Å². The van der Waals surface area contributed by atoms with Crippen molar-refractivity contribution in [2.24, 2.45) is 0 Å². The lowest BCUT2D eigenvalue weighted by Gasteiger charge is -2.20. The summed E-state index contributed by atoms with van der Waals surface area (Å²) in [5.41, 5.74) is 0.798. The van der Waals surface area contributed by atoms with Gasteiger partial charge in [-0.15, -0.1) is 0 Å². The molecule has 106 valence electrons. The molecule has 0 aliphatic carbocycles. The maximum atomic E-state index is 12.2. The van der Waals surface area contributed by atoms with E-state index in [1.54, 1.807) is 24.3 Å². The fourth-order valence-corrected chi connectivity index (χ4v) is 1.98. The molecule has 7 heteroatoms. The Labute approximate surface area is 115 Å². The number of nitrogens with zero attached hydrogens (tertiary/aromatic N) is 1. The molecule has 0 radical (unpaired) electrons. The molecular weight excluding hydrogens is 264 g/mol. The van der Waals surface area contributed by atoms with Crippen molar-refractivity contribution in [3.05, 3.63) is 35.9 Å². The van der Waals surface area contributed by atoms with Crippen molar-refractivity contribution in [2.45, 2.75) is 12.5 Å². The lowest BCUT2D eigenvalue weighted by molar-refractivity contribution is -0.129. The van der Waals surface area contributed by atoms with Gasteiger partial charge >= 0.3 is 12.2 Å². The zero-order chi connectivity index (χ0) is 14.5. The second-order valence-electron chi connectivity index (χ2n) is 4.30. The van der Waals surface area contributed by atoms with E-state index in [0.29, 0.717) is 0 Å². The molecule has 1 aromatic rings. The molecule has 3 amide bonds. The number of cyclic esters (lactones) is 1. The van der Waals surface area contributed by atoms with Gasteiger partial charge in [-0.25, -0.2) is 14.5 Å². The van der Waals surface area contributed by atoms with E-state index in [2.05, 4.69) is 10.1 Å². The zero-order valence-electron chi connectivity index (χ0n) is 10.6. The maximum Gasteiger partial charge on any atom is 0.416 e. The van der Waals surface area contributed by atoms with E-state index in [1.807, 2.05) is 6.07 Å². The number of benzene rings is 1. The average molecular weight is 278 g/mol. The molecule has 7 nitrogen and oxygen atoms in total. The Hall–Kier alpha value is -2.57. The Bertz CT molecular complexity index is 517. The highest BCUT2D eigenvalue weighted by molar-refractivity contribution is 5.97. The van der Waals surface area contributed by atoms with E-state index in [9.17, 15) is 14.4 Å². The first-order valence-corrected chi connectivity index (χ1v) is 6.09. The smallest absolute Gasteiger partial charge is 0.416 e. The Morgan fingerprint density at radius 3 is 2.60 bits per heavy atom. The quantitative estimate of drug-likeness (QED) is 0.851. The van der Waals surface area contributed by atoms with Crippen LogP contribution in [0.1, 0.15) is 5.56 Å². The van der Waals surface area contributed by atoms with Gasteiger partial charge in [-0.2, -0.15) is 0 Å². The third-order valence-electron chi connectivity index (χ3n) is 2.91. The van der Waals surface area contributed by atoms with Crippen LogP contribution in [0.3, 0.4) is 0 Å². The number of hydrogen-bond acceptors (Lipinski definition) is 4. The number of imide groups is 1. The second-order valence-corrected chi connectivity index (χ2v) is 4.30. The lowest BCUT2D eigenvalue weighted by atomic mass is 10.1. The Kier molecular flexibility index (Phi) is 4.19. The van der Waals surface area contributed by atoms with Gasteiger partial charge in [0, 0.05) is 6.42 Å². The van der Waals surface area contributed by atoms with Crippen LogP contribution in [0.2, 0.25) is 0 Å². The number of carbonyl (C=O) groups is 3. The van der Waals surface area contributed by atoms with Crippen LogP contribution >= 0.6 is 0 Å². The van der Waals surface area contributed by atoms with Crippen molar-refractivity contribution < 1.29 is 24.2 Å². The number of nitrogens with one attached hydrogen (secondary N) is 1. The molecule has 2 rings (SSSR count). The summed E-state index contributed by atoms with van der Waals surface area (Å²) < 4.78 is 4.68. The minimum absolute atomic E-state index is 0.135. The summed E-state index contributed by atoms with van der Waals surface area (Å²) in [6.07, 6.45) is -1.87. The third-order valence-corrected chi connectivity index (χ3v) is 2.91. The summed E-state index contributed by atoms with van der Waals surface area (Å²) in [6.45, 7) is 0.278. The highest BCUT2D eigenvalue weighted by Crippen LogP contribution is 2.10. The number of amides is 3. The van der Waals surface area contributed by atoms with Gasteiger partial charge in [0.1, 0.15) is 12.6 Å². The van der Waals surface area contributed by atoms with Crippen molar-refractivity contribution >= 4 is 18.1 Å². The molecular formula is C13H14N2O5.